The van der Waals surface area contributed by atoms with Gasteiger partial charge in [0.05, 0.1) is 22.6 Å². The highest BCUT2D eigenvalue weighted by Crippen LogP contribution is 2.31. The highest BCUT2D eigenvalue weighted by atomic mass is 16.6. The molecule has 0 heterocycles. The maximum absolute atomic E-state index is 12.4. The number of nitrogens with zero attached hydrogens (tertiary/aromatic N) is 2. The van der Waals surface area contributed by atoms with Gasteiger partial charge >= 0.3 is 5.69 Å². The first kappa shape index (κ1) is 15.2. The van der Waals surface area contributed by atoms with Crippen molar-refractivity contribution < 1.29 is 19.9 Å². The average Bonchev–Trinajstić information content (AvgIpc) is 2.46. The lowest BCUT2D eigenvalue weighted by Gasteiger charge is -2.35. The zero-order valence-electron chi connectivity index (χ0n) is 11.7. The van der Waals surface area contributed by atoms with Crippen LogP contribution in [0, 0.1) is 10.1 Å². The molecule has 1 saturated carbocycles. The summed E-state index contributed by atoms with van der Waals surface area (Å²) in [6, 6.07) is 3.51. The lowest BCUT2D eigenvalue weighted by molar-refractivity contribution is -0.385. The molecule has 1 aromatic carbocycles. The van der Waals surface area contributed by atoms with E-state index in [2.05, 4.69) is 0 Å². The number of benzene rings is 1. The summed E-state index contributed by atoms with van der Waals surface area (Å²) >= 11 is 0. The van der Waals surface area contributed by atoms with E-state index in [0.717, 1.165) is 18.9 Å². The monoisotopic (exact) mass is 294 g/mol. The Morgan fingerprint density at radius 2 is 2.05 bits per heavy atom. The number of nitro groups is 1. The topological polar surface area (TPSA) is 104 Å². The van der Waals surface area contributed by atoms with Crippen molar-refractivity contribution in [2.45, 2.75) is 37.8 Å². The maximum atomic E-state index is 12.4. The summed E-state index contributed by atoms with van der Waals surface area (Å²) in [5, 5.41) is 30.7. The molecular weight excluding hydrogens is 276 g/mol. The first-order chi connectivity index (χ1) is 9.93. The molecule has 0 aliphatic heterocycles. The van der Waals surface area contributed by atoms with Gasteiger partial charge in [-0.15, -0.1) is 0 Å². The summed E-state index contributed by atoms with van der Waals surface area (Å²) < 4.78 is 0. The predicted molar refractivity (Wildman–Crippen MR) is 75.1 cm³/mol. The molecule has 1 aliphatic carbocycles. The first-order valence-corrected chi connectivity index (χ1v) is 6.85. The van der Waals surface area contributed by atoms with E-state index in [1.807, 2.05) is 0 Å². The summed E-state index contributed by atoms with van der Waals surface area (Å²) in [4.78, 5) is 23.8. The minimum absolute atomic E-state index is 0.121. The number of hydrogen-bond acceptors (Lipinski definition) is 5. The number of phenolic OH excluding ortho intramolecular Hbond substituents is 1. The largest absolute Gasteiger partial charge is 0.502 e. The number of aromatic hydroxyl groups is 1. The lowest BCUT2D eigenvalue weighted by Crippen LogP contribution is -2.46. The number of hydrogen-bond donors (Lipinski definition) is 2. The average molecular weight is 294 g/mol. The molecule has 2 rings (SSSR count). The van der Waals surface area contributed by atoms with Gasteiger partial charge in [0.2, 0.25) is 5.75 Å². The molecule has 0 spiro atoms. The van der Waals surface area contributed by atoms with E-state index < -0.39 is 28.4 Å². The third kappa shape index (κ3) is 2.97. The molecule has 2 N–H and O–H groups in total. The van der Waals surface area contributed by atoms with Crippen molar-refractivity contribution in [2.75, 3.05) is 7.05 Å². The van der Waals surface area contributed by atoms with Gasteiger partial charge < -0.3 is 15.1 Å². The highest BCUT2D eigenvalue weighted by molar-refractivity contribution is 5.98. The molecule has 21 heavy (non-hydrogen) atoms. The normalized spacial score (nSPS) is 21.8. The molecule has 0 aromatic heterocycles. The number of para-hydroxylation sites is 1. The Bertz CT molecular complexity index is 560. The van der Waals surface area contributed by atoms with Gasteiger partial charge in [0, 0.05) is 13.1 Å². The number of nitro benzene ring substituents is 1. The number of phenols is 1. The molecule has 1 fully saturated rings. The summed E-state index contributed by atoms with van der Waals surface area (Å²) in [7, 11) is 1.54. The van der Waals surface area contributed by atoms with Gasteiger partial charge in [0.1, 0.15) is 0 Å². The van der Waals surface area contributed by atoms with Crippen molar-refractivity contribution in [3.8, 4) is 5.75 Å². The molecule has 2 atom stereocenters. The van der Waals surface area contributed by atoms with Gasteiger partial charge in [-0.2, -0.15) is 0 Å². The van der Waals surface area contributed by atoms with Crippen LogP contribution >= 0.6 is 0 Å². The highest BCUT2D eigenvalue weighted by Gasteiger charge is 2.32. The van der Waals surface area contributed by atoms with Crippen LogP contribution in [0.5, 0.6) is 5.75 Å². The molecule has 114 valence electrons. The number of carbonyl (C=O) groups is 1. The molecule has 1 aliphatic rings. The van der Waals surface area contributed by atoms with E-state index in [1.54, 1.807) is 7.05 Å². The van der Waals surface area contributed by atoms with E-state index in [-0.39, 0.29) is 11.6 Å². The van der Waals surface area contributed by atoms with Gasteiger partial charge in [0.15, 0.2) is 0 Å². The number of aliphatic hydroxyl groups is 1. The minimum Gasteiger partial charge on any atom is -0.502 e. The Kier molecular flexibility index (Phi) is 4.42. The third-order valence-electron chi connectivity index (χ3n) is 3.95. The molecule has 0 radical (unpaired) electrons. The fourth-order valence-corrected chi connectivity index (χ4v) is 2.74. The van der Waals surface area contributed by atoms with Crippen molar-refractivity contribution in [3.63, 3.8) is 0 Å². The maximum Gasteiger partial charge on any atom is 0.311 e. The molecule has 1 aromatic rings. The molecule has 1 amide bonds. The van der Waals surface area contributed by atoms with Crippen LogP contribution in [0.3, 0.4) is 0 Å². The summed E-state index contributed by atoms with van der Waals surface area (Å²) in [6.45, 7) is 0. The van der Waals surface area contributed by atoms with Gasteiger partial charge in [-0.05, 0) is 18.9 Å². The third-order valence-corrected chi connectivity index (χ3v) is 3.95. The molecule has 7 heteroatoms. The van der Waals surface area contributed by atoms with E-state index in [9.17, 15) is 25.1 Å². The second-order valence-electron chi connectivity index (χ2n) is 5.27. The Labute approximate surface area is 122 Å². The SMILES string of the molecule is CN(C(=O)c1cccc([N+](=O)[O-])c1O)C1CCCCC1O. The van der Waals surface area contributed by atoms with Crippen LogP contribution in [0.2, 0.25) is 0 Å². The molecule has 0 saturated heterocycles. The molecule has 2 unspecified atom stereocenters. The van der Waals surface area contributed by atoms with Crippen LogP contribution in [0.1, 0.15) is 36.0 Å². The van der Waals surface area contributed by atoms with Crippen LogP contribution in [-0.4, -0.2) is 45.1 Å². The molecule has 0 bridgehead atoms. The molecular formula is C14H18N2O5. The number of amides is 1. The van der Waals surface area contributed by atoms with Crippen molar-refractivity contribution in [1.82, 2.24) is 4.90 Å². The van der Waals surface area contributed by atoms with E-state index in [4.69, 9.17) is 0 Å². The molecule has 7 nitrogen and oxygen atoms in total. The number of aliphatic hydroxyl groups excluding tert-OH is 1. The summed E-state index contributed by atoms with van der Waals surface area (Å²) in [6.07, 6.45) is 2.54. The Balaban J connectivity index is 2.27. The van der Waals surface area contributed by atoms with Gasteiger partial charge in [0.25, 0.3) is 5.91 Å². The van der Waals surface area contributed by atoms with Crippen LogP contribution in [0.25, 0.3) is 0 Å². The summed E-state index contributed by atoms with van der Waals surface area (Å²) in [5.74, 6) is -1.16. The predicted octanol–water partition coefficient (Wildman–Crippen LogP) is 1.68. The minimum atomic E-state index is -0.735. The first-order valence-electron chi connectivity index (χ1n) is 6.85. The smallest absolute Gasteiger partial charge is 0.311 e. The van der Waals surface area contributed by atoms with E-state index in [1.165, 1.54) is 17.0 Å². The second kappa shape index (κ2) is 6.09. The van der Waals surface area contributed by atoms with Crippen LogP contribution < -0.4 is 0 Å². The second-order valence-corrected chi connectivity index (χ2v) is 5.27. The number of carbonyl (C=O) groups excluding carboxylic acids is 1. The fraction of sp³-hybridized carbons (Fsp3) is 0.500. The Hall–Kier alpha value is -2.15. The lowest BCUT2D eigenvalue weighted by atomic mass is 9.91. The van der Waals surface area contributed by atoms with Gasteiger partial charge in [-0.1, -0.05) is 18.9 Å². The number of likely N-dealkylation sites (N-methyl/N-ethyl adjacent to an activating group) is 1. The van der Waals surface area contributed by atoms with Crippen LogP contribution in [0.4, 0.5) is 5.69 Å². The van der Waals surface area contributed by atoms with Crippen molar-refractivity contribution in [2.24, 2.45) is 0 Å². The fourth-order valence-electron chi connectivity index (χ4n) is 2.74. The zero-order valence-corrected chi connectivity index (χ0v) is 11.7. The van der Waals surface area contributed by atoms with Gasteiger partial charge in [-0.25, -0.2) is 0 Å². The van der Waals surface area contributed by atoms with Crippen molar-refractivity contribution in [1.29, 1.82) is 0 Å². The number of rotatable bonds is 3. The van der Waals surface area contributed by atoms with Crippen LogP contribution in [-0.2, 0) is 0 Å². The van der Waals surface area contributed by atoms with E-state index >= 15 is 0 Å². The van der Waals surface area contributed by atoms with Crippen molar-refractivity contribution >= 4 is 11.6 Å². The van der Waals surface area contributed by atoms with Crippen LogP contribution in [0.15, 0.2) is 18.2 Å². The van der Waals surface area contributed by atoms with E-state index in [0.29, 0.717) is 12.8 Å². The Morgan fingerprint density at radius 3 is 2.67 bits per heavy atom. The van der Waals surface area contributed by atoms with Gasteiger partial charge in [-0.3, -0.25) is 14.9 Å². The zero-order chi connectivity index (χ0) is 15.6. The summed E-state index contributed by atoms with van der Waals surface area (Å²) in [5.41, 5.74) is -0.622. The standard InChI is InChI=1S/C14H18N2O5/c1-15(10-6-2-3-8-12(10)17)14(19)9-5-4-7-11(13(9)18)16(20)21/h4-5,7,10,12,17-18H,2-3,6,8H2,1H3. The Morgan fingerprint density at radius 1 is 1.38 bits per heavy atom. The van der Waals surface area contributed by atoms with Crippen molar-refractivity contribution in [3.05, 3.63) is 33.9 Å². The quantitative estimate of drug-likeness (QED) is 0.652.